The minimum atomic E-state index is -4.06. The lowest BCUT2D eigenvalue weighted by atomic mass is 9.76. The minimum absolute atomic E-state index is 0.156. The molecule has 1 aliphatic carbocycles. The molecule has 0 fully saturated rings. The van der Waals surface area contributed by atoms with E-state index in [9.17, 15) is 21.6 Å². The highest BCUT2D eigenvalue weighted by atomic mass is 32.2. The number of hydrogen-bond donors (Lipinski definition) is 1. The molecule has 1 aromatic heterocycles. The molecule has 204 valence electrons. The van der Waals surface area contributed by atoms with E-state index in [1.54, 1.807) is 62.4 Å². The van der Waals surface area contributed by atoms with Crippen LogP contribution in [-0.4, -0.2) is 26.6 Å². The molecule has 9 heteroatoms. The first-order valence-corrected chi connectivity index (χ1v) is 15.7. The lowest BCUT2D eigenvalue weighted by Crippen LogP contribution is -2.29. The van der Waals surface area contributed by atoms with Crippen LogP contribution in [0.1, 0.15) is 58.6 Å². The number of aryl methyl sites for hydroxylation is 4. The van der Waals surface area contributed by atoms with E-state index in [0.717, 1.165) is 11.1 Å². The number of nitrogens with zero attached hydrogens (tertiary/aromatic N) is 1. The molecular weight excluding hydrogens is 532 g/mol. The average molecular weight is 565 g/mol. The van der Waals surface area contributed by atoms with Crippen LogP contribution in [0.15, 0.2) is 64.4 Å². The van der Waals surface area contributed by atoms with Crippen molar-refractivity contribution in [3.8, 4) is 0 Å². The Labute approximate surface area is 230 Å². The van der Waals surface area contributed by atoms with Gasteiger partial charge in [0.25, 0.3) is 20.0 Å². The lowest BCUT2D eigenvalue weighted by molar-refractivity contribution is 0.0913. The third-order valence-corrected chi connectivity index (χ3v) is 10.8. The number of rotatable bonds is 5. The summed E-state index contributed by atoms with van der Waals surface area (Å²) in [5.74, 6) is -0.157. The van der Waals surface area contributed by atoms with Crippen LogP contribution in [-0.2, 0) is 26.5 Å². The maximum Gasteiger partial charge on any atom is 0.268 e. The monoisotopic (exact) mass is 564 g/mol. The Morgan fingerprint density at radius 3 is 1.95 bits per heavy atom. The Bertz CT molecular complexity index is 1900. The second-order valence-electron chi connectivity index (χ2n) is 11.4. The zero-order valence-corrected chi connectivity index (χ0v) is 24.5. The quantitative estimate of drug-likeness (QED) is 0.317. The predicted octanol–water partition coefficient (Wildman–Crippen LogP) is 6.07. The molecule has 0 aliphatic heterocycles. The Balaban J connectivity index is 1.72. The van der Waals surface area contributed by atoms with E-state index >= 15 is 0 Å². The van der Waals surface area contributed by atoms with Gasteiger partial charge < -0.3 is 0 Å². The summed E-state index contributed by atoms with van der Waals surface area (Å²) >= 11 is 0. The third-order valence-electron chi connectivity index (χ3n) is 7.30. The fraction of sp³-hybridized carbons (Fsp3) is 0.300. The minimum Gasteiger partial charge on any atom is -0.294 e. The van der Waals surface area contributed by atoms with Gasteiger partial charge in [-0.15, -0.1) is 0 Å². The molecule has 7 nitrogen and oxygen atoms in total. The van der Waals surface area contributed by atoms with E-state index in [2.05, 4.69) is 4.72 Å². The second-order valence-corrected chi connectivity index (χ2v) is 14.8. The highest BCUT2D eigenvalue weighted by Gasteiger charge is 2.39. The van der Waals surface area contributed by atoms with Crippen molar-refractivity contribution in [2.45, 2.75) is 64.2 Å². The molecule has 0 amide bonds. The van der Waals surface area contributed by atoms with Crippen LogP contribution in [0.5, 0.6) is 0 Å². The molecule has 0 saturated heterocycles. The Morgan fingerprint density at radius 1 is 0.769 bits per heavy atom. The summed E-state index contributed by atoms with van der Waals surface area (Å²) in [6.45, 7) is 11.2. The smallest absolute Gasteiger partial charge is 0.268 e. The number of Topliss-reactive ketones (excluding diaryl/α,β-unsaturated/α-hetero) is 1. The van der Waals surface area contributed by atoms with Gasteiger partial charge in [-0.2, -0.15) is 0 Å². The highest BCUT2D eigenvalue weighted by molar-refractivity contribution is 7.92. The SMILES string of the molecule is Cc1ccc(S(=O)(=O)Nc2ccc3c(c2)c2c(n3S(=O)(=O)c3ccc(C)cc3C)CC(C)(C)CC2=O)c(C)c1. The number of hydrogen-bond acceptors (Lipinski definition) is 5. The average Bonchev–Trinajstić information content (AvgIpc) is 3.11. The molecule has 0 atom stereocenters. The standard InChI is InChI=1S/C30H32N2O5S2/c1-18-7-11-27(20(3)13-18)38(34,35)31-22-9-10-24-23(15-22)29-25(16-30(5,6)17-26(29)33)32(24)39(36,37)28-12-8-19(2)14-21(28)4/h7-15,31H,16-17H2,1-6H3. The highest BCUT2D eigenvalue weighted by Crippen LogP contribution is 2.42. The van der Waals surface area contributed by atoms with Crippen LogP contribution < -0.4 is 4.72 Å². The van der Waals surface area contributed by atoms with Gasteiger partial charge in [-0.25, -0.2) is 20.8 Å². The predicted molar refractivity (Wildman–Crippen MR) is 154 cm³/mol. The van der Waals surface area contributed by atoms with E-state index in [0.29, 0.717) is 39.7 Å². The molecule has 1 heterocycles. The van der Waals surface area contributed by atoms with Crippen molar-refractivity contribution < 1.29 is 21.6 Å². The fourth-order valence-electron chi connectivity index (χ4n) is 5.66. The van der Waals surface area contributed by atoms with Crippen molar-refractivity contribution in [2.75, 3.05) is 4.72 Å². The van der Waals surface area contributed by atoms with Gasteiger partial charge in [0.2, 0.25) is 0 Å². The van der Waals surface area contributed by atoms with Gasteiger partial charge in [-0.3, -0.25) is 9.52 Å². The van der Waals surface area contributed by atoms with Crippen LogP contribution in [0.4, 0.5) is 5.69 Å². The van der Waals surface area contributed by atoms with Crippen molar-refractivity contribution in [3.05, 3.63) is 88.1 Å². The molecule has 39 heavy (non-hydrogen) atoms. The number of sulfonamides is 1. The molecular formula is C30H32N2O5S2. The van der Waals surface area contributed by atoms with Crippen molar-refractivity contribution in [3.63, 3.8) is 0 Å². The Morgan fingerprint density at radius 2 is 1.36 bits per heavy atom. The zero-order valence-electron chi connectivity index (χ0n) is 22.9. The van der Waals surface area contributed by atoms with Crippen molar-refractivity contribution >= 4 is 42.4 Å². The van der Waals surface area contributed by atoms with Gasteiger partial charge in [0.05, 0.1) is 15.3 Å². The summed E-state index contributed by atoms with van der Waals surface area (Å²) in [6.07, 6.45) is 0.651. The van der Waals surface area contributed by atoms with Gasteiger partial charge >= 0.3 is 0 Å². The molecule has 0 bridgehead atoms. The maximum absolute atomic E-state index is 14.1. The number of ketones is 1. The Kier molecular flexibility index (Phi) is 6.31. The van der Waals surface area contributed by atoms with Crippen LogP contribution in [0.25, 0.3) is 10.9 Å². The normalized spacial score (nSPS) is 15.4. The van der Waals surface area contributed by atoms with Crippen LogP contribution >= 0.6 is 0 Å². The molecule has 1 aliphatic rings. The van der Waals surface area contributed by atoms with E-state index in [1.165, 1.54) is 3.97 Å². The summed E-state index contributed by atoms with van der Waals surface area (Å²) in [5.41, 5.74) is 4.07. The number of nitrogens with one attached hydrogen (secondary N) is 1. The first-order chi connectivity index (χ1) is 18.1. The number of benzene rings is 3. The zero-order chi connectivity index (χ0) is 28.5. The van der Waals surface area contributed by atoms with E-state index < -0.39 is 25.5 Å². The number of fused-ring (bicyclic) bond motifs is 3. The van der Waals surface area contributed by atoms with Crippen molar-refractivity contribution in [1.82, 2.24) is 3.97 Å². The van der Waals surface area contributed by atoms with E-state index in [1.807, 2.05) is 33.8 Å². The first-order valence-electron chi connectivity index (χ1n) is 12.7. The molecule has 0 unspecified atom stereocenters. The van der Waals surface area contributed by atoms with Crippen LogP contribution in [0.2, 0.25) is 0 Å². The number of aromatic nitrogens is 1. The maximum atomic E-state index is 14.1. The van der Waals surface area contributed by atoms with Gasteiger partial charge in [0.15, 0.2) is 5.78 Å². The summed E-state index contributed by atoms with van der Waals surface area (Å²) in [4.78, 5) is 13.8. The van der Waals surface area contributed by atoms with Crippen LogP contribution in [0.3, 0.4) is 0 Å². The summed E-state index contributed by atoms with van der Waals surface area (Å²) in [6, 6.07) is 15.0. The topological polar surface area (TPSA) is 102 Å². The van der Waals surface area contributed by atoms with E-state index in [-0.39, 0.29) is 27.7 Å². The third kappa shape index (κ3) is 4.67. The molecule has 0 radical (unpaired) electrons. The number of carbonyl (C=O) groups excluding carboxylic acids is 1. The van der Waals surface area contributed by atoms with Gasteiger partial charge in [0.1, 0.15) is 0 Å². The van der Waals surface area contributed by atoms with E-state index in [4.69, 9.17) is 0 Å². The van der Waals surface area contributed by atoms with Gasteiger partial charge in [0, 0.05) is 28.8 Å². The summed E-state index contributed by atoms with van der Waals surface area (Å²) in [5, 5.41) is 0.416. The number of carbonyl (C=O) groups is 1. The Hall–Kier alpha value is -3.43. The molecule has 3 aromatic carbocycles. The largest absolute Gasteiger partial charge is 0.294 e. The molecule has 5 rings (SSSR count). The van der Waals surface area contributed by atoms with Gasteiger partial charge in [-0.05, 0) is 81.0 Å². The van der Waals surface area contributed by atoms with Crippen molar-refractivity contribution in [1.29, 1.82) is 0 Å². The van der Waals surface area contributed by atoms with Gasteiger partial charge in [-0.1, -0.05) is 49.2 Å². The molecule has 0 saturated carbocycles. The molecule has 0 spiro atoms. The second kappa shape index (κ2) is 9.06. The first kappa shape index (κ1) is 27.1. The summed E-state index contributed by atoms with van der Waals surface area (Å²) < 4.78 is 58.7. The van der Waals surface area contributed by atoms with Crippen LogP contribution in [0, 0.1) is 33.1 Å². The molecule has 1 N–H and O–H groups in total. The number of anilines is 1. The fourth-order valence-corrected chi connectivity index (χ4v) is 8.71. The molecule has 4 aromatic rings. The summed E-state index contributed by atoms with van der Waals surface area (Å²) in [7, 11) is -7.98. The van der Waals surface area contributed by atoms with Crippen molar-refractivity contribution in [2.24, 2.45) is 5.41 Å². The lowest BCUT2D eigenvalue weighted by Gasteiger charge is -2.29.